The predicted molar refractivity (Wildman–Crippen MR) is 82.6 cm³/mol. The van der Waals surface area contributed by atoms with Gasteiger partial charge in [-0.3, -0.25) is 30.0 Å². The van der Waals surface area contributed by atoms with Crippen LogP contribution in [0.2, 0.25) is 0 Å². The van der Waals surface area contributed by atoms with Crippen LogP contribution in [0, 0.1) is 15.5 Å². The average molecular weight is 350 g/mol. The van der Waals surface area contributed by atoms with Crippen molar-refractivity contribution in [2.75, 3.05) is 6.54 Å². The highest BCUT2D eigenvalue weighted by Crippen LogP contribution is 2.24. The van der Waals surface area contributed by atoms with E-state index in [0.717, 1.165) is 0 Å². The lowest BCUT2D eigenvalue weighted by atomic mass is 9.99. The molecule has 1 aliphatic heterocycles. The quantitative estimate of drug-likeness (QED) is 0.143. The molecule has 2 rings (SSSR count). The average Bonchev–Trinajstić information content (AvgIpc) is 2.80. The Morgan fingerprint density at radius 1 is 1.44 bits per heavy atom. The van der Waals surface area contributed by atoms with Crippen molar-refractivity contribution in [1.29, 1.82) is 5.41 Å². The van der Waals surface area contributed by atoms with Crippen LogP contribution in [-0.2, 0) is 9.59 Å². The highest BCUT2D eigenvalue weighted by molar-refractivity contribution is 6.06. The lowest BCUT2D eigenvalue weighted by Gasteiger charge is -2.23. The molecule has 1 heterocycles. The maximum Gasteiger partial charge on any atom is 0.325 e. The first-order valence-electron chi connectivity index (χ1n) is 6.89. The zero-order valence-electron chi connectivity index (χ0n) is 12.6. The van der Waals surface area contributed by atoms with E-state index in [4.69, 9.17) is 16.2 Å². The molecule has 0 spiro atoms. The van der Waals surface area contributed by atoms with Crippen LogP contribution in [0.1, 0.15) is 11.6 Å². The number of carbonyl (C=O) groups excluding carboxylic acids is 2. The molecular formula is C13H14N6O6. The first-order chi connectivity index (χ1) is 11.7. The van der Waals surface area contributed by atoms with Crippen molar-refractivity contribution in [2.45, 2.75) is 12.1 Å². The number of non-ortho nitro benzene ring substituents is 1. The summed E-state index contributed by atoms with van der Waals surface area (Å²) in [6.07, 6.45) is 0. The van der Waals surface area contributed by atoms with Crippen molar-refractivity contribution in [1.82, 2.24) is 15.5 Å². The van der Waals surface area contributed by atoms with Crippen molar-refractivity contribution in [3.63, 3.8) is 0 Å². The SMILES string of the molecule is N=C(N)NC(c1ccc([N+](=O)[O-])cc1)[C@@H]1NC(=O)N(CC(=O)O)C1=O. The molecule has 1 saturated heterocycles. The number of hydrogen-bond acceptors (Lipinski definition) is 6. The molecule has 1 aromatic carbocycles. The van der Waals surface area contributed by atoms with Crippen LogP contribution >= 0.6 is 0 Å². The Morgan fingerprint density at radius 2 is 2.04 bits per heavy atom. The number of nitro benzene ring substituents is 1. The van der Waals surface area contributed by atoms with Gasteiger partial charge in [0.2, 0.25) is 0 Å². The minimum absolute atomic E-state index is 0.181. The highest BCUT2D eigenvalue weighted by atomic mass is 16.6. The Bertz CT molecular complexity index is 748. The molecule has 0 aliphatic carbocycles. The number of urea groups is 1. The summed E-state index contributed by atoms with van der Waals surface area (Å²) in [6.45, 7) is -0.811. The number of hydrogen-bond donors (Lipinski definition) is 5. The zero-order valence-corrected chi connectivity index (χ0v) is 12.6. The summed E-state index contributed by atoms with van der Waals surface area (Å²) in [7, 11) is 0. The lowest BCUT2D eigenvalue weighted by molar-refractivity contribution is -0.384. The Kier molecular flexibility index (Phi) is 4.81. The van der Waals surface area contributed by atoms with Crippen molar-refractivity contribution in [2.24, 2.45) is 5.73 Å². The van der Waals surface area contributed by atoms with E-state index in [1.54, 1.807) is 0 Å². The van der Waals surface area contributed by atoms with Gasteiger partial charge in [0.15, 0.2) is 5.96 Å². The Morgan fingerprint density at radius 3 is 2.52 bits per heavy atom. The molecule has 1 fully saturated rings. The van der Waals surface area contributed by atoms with E-state index >= 15 is 0 Å². The number of imide groups is 1. The highest BCUT2D eigenvalue weighted by Gasteiger charge is 2.44. The molecular weight excluding hydrogens is 336 g/mol. The molecule has 12 nitrogen and oxygen atoms in total. The number of carboxylic acids is 1. The topological polar surface area (TPSA) is 192 Å². The zero-order chi connectivity index (χ0) is 18.7. The van der Waals surface area contributed by atoms with Crippen molar-refractivity contribution in [3.05, 3.63) is 39.9 Å². The van der Waals surface area contributed by atoms with Gasteiger partial charge in [0.25, 0.3) is 11.6 Å². The summed E-state index contributed by atoms with van der Waals surface area (Å²) in [5.41, 5.74) is 5.47. The van der Waals surface area contributed by atoms with E-state index in [0.29, 0.717) is 10.5 Å². The van der Waals surface area contributed by atoms with Gasteiger partial charge < -0.3 is 21.5 Å². The van der Waals surface area contributed by atoms with Crippen molar-refractivity contribution in [3.8, 4) is 0 Å². The fourth-order valence-electron chi connectivity index (χ4n) is 2.38. The van der Waals surface area contributed by atoms with Crippen LogP contribution in [0.5, 0.6) is 0 Å². The summed E-state index contributed by atoms with van der Waals surface area (Å²) in [5, 5.41) is 31.7. The van der Waals surface area contributed by atoms with Crippen LogP contribution < -0.4 is 16.4 Å². The van der Waals surface area contributed by atoms with Gasteiger partial charge >= 0.3 is 12.0 Å². The molecule has 0 radical (unpaired) electrons. The van der Waals surface area contributed by atoms with Gasteiger partial charge in [-0.25, -0.2) is 4.79 Å². The molecule has 0 bridgehead atoms. The smallest absolute Gasteiger partial charge is 0.325 e. The van der Waals surface area contributed by atoms with E-state index in [-0.39, 0.29) is 5.69 Å². The summed E-state index contributed by atoms with van der Waals surface area (Å²) in [6, 6.07) is 1.96. The fourth-order valence-corrected chi connectivity index (χ4v) is 2.38. The normalized spacial score (nSPS) is 17.8. The van der Waals surface area contributed by atoms with Gasteiger partial charge in [0, 0.05) is 12.1 Å². The number of nitro groups is 1. The number of aliphatic carboxylic acids is 1. The van der Waals surface area contributed by atoms with Crippen LogP contribution in [0.15, 0.2) is 24.3 Å². The molecule has 1 aliphatic rings. The largest absolute Gasteiger partial charge is 0.480 e. The Balaban J connectivity index is 2.33. The third-order valence-corrected chi connectivity index (χ3v) is 3.46. The lowest BCUT2D eigenvalue weighted by Crippen LogP contribution is -2.47. The number of amides is 3. The van der Waals surface area contributed by atoms with Gasteiger partial charge in [-0.15, -0.1) is 0 Å². The van der Waals surface area contributed by atoms with Crippen LogP contribution in [0.3, 0.4) is 0 Å². The first kappa shape index (κ1) is 17.7. The minimum Gasteiger partial charge on any atom is -0.480 e. The standard InChI is InChI=1S/C13H14N6O6/c14-12(15)16-9(6-1-3-7(4-2-6)19(24)25)10-11(22)18(5-8(20)21)13(23)17-10/h1-4,9-10H,5H2,(H,17,23)(H,20,21)(H4,14,15,16)/t9?,10-/m0/s1. The van der Waals surface area contributed by atoms with E-state index in [2.05, 4.69) is 10.6 Å². The first-order valence-corrected chi connectivity index (χ1v) is 6.89. The maximum absolute atomic E-state index is 12.3. The van der Waals surface area contributed by atoms with Gasteiger partial charge in [0.05, 0.1) is 11.0 Å². The maximum atomic E-state index is 12.3. The summed E-state index contributed by atoms with van der Waals surface area (Å²) >= 11 is 0. The number of nitrogens with zero attached hydrogens (tertiary/aromatic N) is 2. The van der Waals surface area contributed by atoms with E-state index in [9.17, 15) is 24.5 Å². The molecule has 12 heteroatoms. The summed E-state index contributed by atoms with van der Waals surface area (Å²) < 4.78 is 0. The molecule has 1 aromatic rings. The van der Waals surface area contributed by atoms with Gasteiger partial charge in [-0.05, 0) is 5.56 Å². The molecule has 0 saturated carbocycles. The molecule has 132 valence electrons. The van der Waals surface area contributed by atoms with Crippen LogP contribution in [0.4, 0.5) is 10.5 Å². The van der Waals surface area contributed by atoms with Crippen LogP contribution in [-0.4, -0.2) is 51.4 Å². The number of carbonyl (C=O) groups is 3. The second-order valence-corrected chi connectivity index (χ2v) is 5.13. The molecule has 3 amide bonds. The second-order valence-electron chi connectivity index (χ2n) is 5.13. The third kappa shape index (κ3) is 3.80. The van der Waals surface area contributed by atoms with Crippen LogP contribution in [0.25, 0.3) is 0 Å². The third-order valence-electron chi connectivity index (χ3n) is 3.46. The number of carboxylic acid groups (broad SMARTS) is 1. The van der Waals surface area contributed by atoms with E-state index in [1.807, 2.05) is 0 Å². The molecule has 6 N–H and O–H groups in total. The number of guanidine groups is 1. The van der Waals surface area contributed by atoms with Gasteiger partial charge in [-0.2, -0.15) is 0 Å². The minimum atomic E-state index is -1.37. The molecule has 0 aromatic heterocycles. The summed E-state index contributed by atoms with van der Waals surface area (Å²) in [4.78, 5) is 45.6. The van der Waals surface area contributed by atoms with Gasteiger partial charge in [0.1, 0.15) is 12.6 Å². The van der Waals surface area contributed by atoms with Gasteiger partial charge in [-0.1, -0.05) is 12.1 Å². The van der Waals surface area contributed by atoms with E-state index in [1.165, 1.54) is 24.3 Å². The van der Waals surface area contributed by atoms with Crippen molar-refractivity contribution < 1.29 is 24.4 Å². The number of nitrogens with one attached hydrogen (secondary N) is 3. The Labute approximate surface area is 140 Å². The molecule has 2 atom stereocenters. The summed E-state index contributed by atoms with van der Waals surface area (Å²) in [5.74, 6) is -2.68. The molecule has 25 heavy (non-hydrogen) atoms. The second kappa shape index (κ2) is 6.82. The predicted octanol–water partition coefficient (Wildman–Crippen LogP) is -0.876. The van der Waals surface area contributed by atoms with Crippen molar-refractivity contribution >= 4 is 29.6 Å². The Hall–Kier alpha value is -3.70. The monoisotopic (exact) mass is 350 g/mol. The molecule has 1 unspecified atom stereocenters. The fraction of sp³-hybridized carbons (Fsp3) is 0.231. The number of benzene rings is 1. The number of rotatable bonds is 6. The van der Waals surface area contributed by atoms with E-state index < -0.39 is 47.4 Å². The number of nitrogens with two attached hydrogens (primary N) is 1.